The summed E-state index contributed by atoms with van der Waals surface area (Å²) >= 11 is 0. The van der Waals surface area contributed by atoms with Crippen molar-refractivity contribution in [1.82, 2.24) is 5.32 Å². The Morgan fingerprint density at radius 1 is 0.372 bits per heavy atom. The first-order valence-electron chi connectivity index (χ1n) is 38.9. The van der Waals surface area contributed by atoms with E-state index < -0.39 is 124 Å². The van der Waals surface area contributed by atoms with Gasteiger partial charge in [0.05, 0.1) is 38.6 Å². The topological polar surface area (TPSA) is 307 Å². The lowest BCUT2D eigenvalue weighted by molar-refractivity contribution is -0.379. The van der Waals surface area contributed by atoms with Gasteiger partial charge in [0, 0.05) is 6.42 Å². The van der Waals surface area contributed by atoms with Crippen LogP contribution >= 0.6 is 0 Å². The molecule has 1 amide bonds. The molecular weight excluding hydrogens is 1200 g/mol. The van der Waals surface area contributed by atoms with Crippen LogP contribution in [0.4, 0.5) is 0 Å². The molecule has 3 aliphatic heterocycles. The van der Waals surface area contributed by atoms with Gasteiger partial charge in [0.15, 0.2) is 18.9 Å². The van der Waals surface area contributed by atoms with E-state index in [1.165, 1.54) is 257 Å². The summed E-state index contributed by atoms with van der Waals surface area (Å²) in [6.45, 7) is 1.80. The van der Waals surface area contributed by atoms with Crippen molar-refractivity contribution < 1.29 is 89.4 Å². The normalized spacial score (nSPS) is 27.4. The third-order valence-electron chi connectivity index (χ3n) is 19.8. The number of carbonyl (C=O) groups excluding carboxylic acids is 1. The van der Waals surface area contributed by atoms with Gasteiger partial charge in [-0.3, -0.25) is 4.79 Å². The number of amides is 1. The highest BCUT2D eigenvalue weighted by Crippen LogP contribution is 2.33. The van der Waals surface area contributed by atoms with E-state index in [0.717, 1.165) is 44.9 Å². The molecule has 0 bridgehead atoms. The molecule has 17 unspecified atom stereocenters. The average Bonchev–Trinajstić information content (AvgIpc) is 0.787. The Labute approximate surface area is 569 Å². The Morgan fingerprint density at radius 3 is 1.00 bits per heavy atom. The summed E-state index contributed by atoms with van der Waals surface area (Å²) in [6, 6.07) is -0.970. The predicted molar refractivity (Wildman–Crippen MR) is 370 cm³/mol. The quantitative estimate of drug-likeness (QED) is 0.0199. The highest BCUT2D eigenvalue weighted by molar-refractivity contribution is 5.76. The van der Waals surface area contributed by atoms with Gasteiger partial charge >= 0.3 is 0 Å². The maximum atomic E-state index is 13.4. The minimum atomic E-state index is -1.98. The Balaban J connectivity index is 1.39. The summed E-state index contributed by atoms with van der Waals surface area (Å²) in [5.74, 6) is -0.267. The average molecular weight is 1350 g/mol. The van der Waals surface area contributed by atoms with E-state index in [2.05, 4.69) is 19.2 Å². The van der Waals surface area contributed by atoms with Crippen molar-refractivity contribution in [2.45, 2.75) is 433 Å². The van der Waals surface area contributed by atoms with E-state index in [9.17, 15) is 61.0 Å². The number of aliphatic hydroxyl groups is 11. The maximum Gasteiger partial charge on any atom is 0.220 e. The largest absolute Gasteiger partial charge is 0.394 e. The number of allylic oxidation sites excluding steroid dienone is 1. The first-order chi connectivity index (χ1) is 45.8. The van der Waals surface area contributed by atoms with Crippen LogP contribution in [0.25, 0.3) is 0 Å². The molecular formula is C75H143NO18. The molecule has 3 saturated heterocycles. The molecule has 12 N–H and O–H groups in total. The fourth-order valence-corrected chi connectivity index (χ4v) is 13.5. The van der Waals surface area contributed by atoms with Crippen LogP contribution in [0.15, 0.2) is 12.2 Å². The minimum Gasteiger partial charge on any atom is -0.394 e. The summed E-state index contributed by atoms with van der Waals surface area (Å²) < 4.78 is 34.4. The van der Waals surface area contributed by atoms with Crippen LogP contribution in [0, 0.1) is 0 Å². The van der Waals surface area contributed by atoms with E-state index in [1.807, 2.05) is 6.08 Å². The van der Waals surface area contributed by atoms with Gasteiger partial charge in [-0.25, -0.2) is 0 Å². The van der Waals surface area contributed by atoms with E-state index >= 15 is 0 Å². The minimum absolute atomic E-state index is 0.250. The van der Waals surface area contributed by atoms with E-state index in [-0.39, 0.29) is 18.9 Å². The van der Waals surface area contributed by atoms with Crippen LogP contribution < -0.4 is 5.32 Å². The van der Waals surface area contributed by atoms with E-state index in [0.29, 0.717) is 6.42 Å². The molecule has 0 aromatic carbocycles. The molecule has 0 aromatic rings. The van der Waals surface area contributed by atoms with Crippen molar-refractivity contribution >= 4 is 5.91 Å². The summed E-state index contributed by atoms with van der Waals surface area (Å²) in [4.78, 5) is 13.4. The van der Waals surface area contributed by atoms with Crippen molar-refractivity contribution in [2.24, 2.45) is 0 Å². The Morgan fingerprint density at radius 2 is 0.660 bits per heavy atom. The number of nitrogens with one attached hydrogen (secondary N) is 1. The maximum absolute atomic E-state index is 13.4. The lowest BCUT2D eigenvalue weighted by Crippen LogP contribution is -2.66. The van der Waals surface area contributed by atoms with Gasteiger partial charge in [-0.15, -0.1) is 0 Å². The van der Waals surface area contributed by atoms with Crippen LogP contribution in [0.2, 0.25) is 0 Å². The predicted octanol–water partition coefficient (Wildman–Crippen LogP) is 12.0. The highest BCUT2D eigenvalue weighted by atomic mass is 16.8. The highest BCUT2D eigenvalue weighted by Gasteiger charge is 2.53. The Kier molecular flexibility index (Phi) is 52.8. The van der Waals surface area contributed by atoms with Crippen LogP contribution in [-0.2, 0) is 33.2 Å². The second-order valence-corrected chi connectivity index (χ2v) is 28.2. The van der Waals surface area contributed by atoms with Crippen molar-refractivity contribution in [3.8, 4) is 0 Å². The number of hydrogen-bond donors (Lipinski definition) is 12. The van der Waals surface area contributed by atoms with Gasteiger partial charge in [-0.05, 0) is 19.3 Å². The zero-order valence-electron chi connectivity index (χ0n) is 59.2. The van der Waals surface area contributed by atoms with E-state index in [1.54, 1.807) is 6.08 Å². The van der Waals surface area contributed by atoms with Crippen LogP contribution in [0.3, 0.4) is 0 Å². The summed E-state index contributed by atoms with van der Waals surface area (Å²) in [7, 11) is 0. The number of unbranched alkanes of at least 4 members (excludes halogenated alkanes) is 46. The lowest BCUT2D eigenvalue weighted by atomic mass is 9.96. The third-order valence-corrected chi connectivity index (χ3v) is 19.8. The number of ether oxygens (including phenoxy) is 6. The molecule has 0 aromatic heterocycles. The number of carbonyl (C=O) groups is 1. The van der Waals surface area contributed by atoms with Crippen LogP contribution in [-0.4, -0.2) is 193 Å². The van der Waals surface area contributed by atoms with Crippen LogP contribution in [0.1, 0.15) is 328 Å². The van der Waals surface area contributed by atoms with Gasteiger partial charge in [0.25, 0.3) is 0 Å². The van der Waals surface area contributed by atoms with Gasteiger partial charge in [0.2, 0.25) is 5.91 Å². The van der Waals surface area contributed by atoms with Crippen LogP contribution in [0.5, 0.6) is 0 Å². The zero-order chi connectivity index (χ0) is 68.2. The van der Waals surface area contributed by atoms with E-state index in [4.69, 9.17) is 28.4 Å². The molecule has 0 aliphatic carbocycles. The molecule has 556 valence electrons. The molecule has 0 spiro atoms. The Hall–Kier alpha value is -1.47. The monoisotopic (exact) mass is 1350 g/mol. The van der Waals surface area contributed by atoms with Crippen molar-refractivity contribution in [2.75, 3.05) is 26.4 Å². The molecule has 19 heteroatoms. The summed E-state index contributed by atoms with van der Waals surface area (Å²) in [5, 5.41) is 121. The molecule has 3 rings (SSSR count). The molecule has 0 saturated carbocycles. The first kappa shape index (κ1) is 86.8. The van der Waals surface area contributed by atoms with Gasteiger partial charge in [-0.1, -0.05) is 315 Å². The number of aliphatic hydroxyl groups excluding tert-OH is 11. The third kappa shape index (κ3) is 37.8. The molecule has 19 nitrogen and oxygen atoms in total. The summed E-state index contributed by atoms with van der Waals surface area (Å²) in [6.07, 6.45) is 39.1. The molecule has 17 atom stereocenters. The smallest absolute Gasteiger partial charge is 0.220 e. The summed E-state index contributed by atoms with van der Waals surface area (Å²) in [5.41, 5.74) is 0. The standard InChI is InChI=1S/C75H143NO18/c1-3-5-7-9-11-13-15-17-19-21-23-25-26-27-28-29-30-31-33-34-36-38-40-42-44-46-48-50-52-59(80)58(76-63(81)53-51-49-47-45-43-41-39-37-35-32-24-22-20-18-16-14-12-10-8-6-4-2)57-89-73-69(87)66(84)71(61(55-78)91-73)94-75-70(88)67(85)72(62(56-79)92-75)93-74-68(86)65(83)64(82)60(54-77)90-74/h50,52,58-62,64-75,77-80,82-88H,3-49,51,53-57H2,1-2H3,(H,76,81)/b52-50+. The first-order valence-corrected chi connectivity index (χ1v) is 38.9. The Bertz CT molecular complexity index is 1750. The molecule has 94 heavy (non-hydrogen) atoms. The SMILES string of the molecule is CCCCCCCCCCCCCCCCCCCCCCCCCCCC/C=C/C(O)C(COC1OC(CO)C(OC2OC(CO)C(OC3OC(CO)C(O)C(O)C3O)C(O)C2O)C(O)C1O)NC(=O)CCCCCCCCCCCCCCCCCCCCCCC. The van der Waals surface area contributed by atoms with Crippen molar-refractivity contribution in [1.29, 1.82) is 0 Å². The fraction of sp³-hybridized carbons (Fsp3) is 0.960. The molecule has 0 radical (unpaired) electrons. The van der Waals surface area contributed by atoms with Gasteiger partial charge in [-0.2, -0.15) is 0 Å². The fourth-order valence-electron chi connectivity index (χ4n) is 13.5. The number of hydrogen-bond acceptors (Lipinski definition) is 18. The number of rotatable bonds is 62. The van der Waals surface area contributed by atoms with Gasteiger partial charge < -0.3 is 89.9 Å². The second-order valence-electron chi connectivity index (χ2n) is 28.2. The zero-order valence-corrected chi connectivity index (χ0v) is 59.2. The second kappa shape index (κ2) is 57.2. The van der Waals surface area contributed by atoms with Gasteiger partial charge in [0.1, 0.15) is 73.2 Å². The molecule has 3 aliphatic rings. The van der Waals surface area contributed by atoms with Crippen molar-refractivity contribution in [3.05, 3.63) is 12.2 Å². The lowest BCUT2D eigenvalue weighted by Gasteiger charge is -2.48. The van der Waals surface area contributed by atoms with Crippen molar-refractivity contribution in [3.63, 3.8) is 0 Å². The molecule has 3 fully saturated rings. The molecule has 3 heterocycles.